The molecule has 0 unspecified atom stereocenters. The Morgan fingerprint density at radius 3 is 2.53 bits per heavy atom. The van der Waals surface area contributed by atoms with E-state index in [0.717, 1.165) is 32.7 Å². The first-order valence-electron chi connectivity index (χ1n) is 5.05. The van der Waals surface area contributed by atoms with E-state index in [-0.39, 0.29) is 0 Å². The number of allylic oxidation sites excluding steroid dienone is 1. The minimum atomic E-state index is 0.473. The minimum absolute atomic E-state index is 0.473. The molecule has 1 fully saturated rings. The third kappa shape index (κ3) is 9.59. The standard InChI is InChI=1S/C8H16O3.C3H4O/c1-9-4-2-3-8-5-10-7-11-6-8;1-2-3-4/h8H,2-7H2,1H3;2-3H,1H2. The Morgan fingerprint density at radius 2 is 2.07 bits per heavy atom. The van der Waals surface area contributed by atoms with Crippen LogP contribution in [0.1, 0.15) is 12.8 Å². The average Bonchev–Trinajstić information content (AvgIpc) is 2.31. The molecule has 4 heteroatoms. The molecule has 0 aromatic rings. The maximum Gasteiger partial charge on any atom is 0.146 e. The summed E-state index contributed by atoms with van der Waals surface area (Å²) in [6, 6.07) is 0. The van der Waals surface area contributed by atoms with E-state index in [9.17, 15) is 0 Å². The first-order valence-corrected chi connectivity index (χ1v) is 5.05. The van der Waals surface area contributed by atoms with Crippen LogP contribution in [-0.4, -0.2) is 40.0 Å². The van der Waals surface area contributed by atoms with Crippen molar-refractivity contribution in [2.45, 2.75) is 12.8 Å². The molecule has 0 radical (unpaired) electrons. The van der Waals surface area contributed by atoms with Crippen molar-refractivity contribution in [3.8, 4) is 0 Å². The number of carbonyl (C=O) groups excluding carboxylic acids is 1. The lowest BCUT2D eigenvalue weighted by molar-refractivity contribution is -0.127. The number of hydrogen-bond acceptors (Lipinski definition) is 4. The fraction of sp³-hybridized carbons (Fsp3) is 0.727. The molecule has 1 heterocycles. The molecule has 0 aromatic heterocycles. The molecule has 0 spiro atoms. The normalized spacial score (nSPS) is 16.3. The molecule has 0 N–H and O–H groups in total. The van der Waals surface area contributed by atoms with Gasteiger partial charge in [-0.25, -0.2) is 0 Å². The van der Waals surface area contributed by atoms with Gasteiger partial charge in [0.15, 0.2) is 0 Å². The molecule has 0 amide bonds. The Morgan fingerprint density at radius 1 is 1.47 bits per heavy atom. The van der Waals surface area contributed by atoms with Crippen molar-refractivity contribution >= 4 is 6.29 Å². The summed E-state index contributed by atoms with van der Waals surface area (Å²) in [5, 5.41) is 0. The highest BCUT2D eigenvalue weighted by atomic mass is 16.7. The topological polar surface area (TPSA) is 44.8 Å². The van der Waals surface area contributed by atoms with Gasteiger partial charge in [-0.2, -0.15) is 0 Å². The molecule has 0 atom stereocenters. The second kappa shape index (κ2) is 11.4. The third-order valence-corrected chi connectivity index (χ3v) is 1.93. The van der Waals surface area contributed by atoms with Crippen LogP contribution in [0.15, 0.2) is 12.7 Å². The number of hydrogen-bond donors (Lipinski definition) is 0. The van der Waals surface area contributed by atoms with E-state index in [1.807, 2.05) is 0 Å². The van der Waals surface area contributed by atoms with E-state index in [1.165, 1.54) is 6.08 Å². The van der Waals surface area contributed by atoms with Gasteiger partial charge in [0.05, 0.1) is 13.2 Å². The van der Waals surface area contributed by atoms with Gasteiger partial charge in [-0.05, 0) is 18.9 Å². The van der Waals surface area contributed by atoms with Crippen LogP contribution in [0.5, 0.6) is 0 Å². The molecule has 4 nitrogen and oxygen atoms in total. The number of aldehydes is 1. The highest BCUT2D eigenvalue weighted by Gasteiger charge is 2.13. The van der Waals surface area contributed by atoms with Crippen LogP contribution in [0.3, 0.4) is 0 Å². The number of methoxy groups -OCH3 is 1. The first-order chi connectivity index (χ1) is 7.35. The fourth-order valence-corrected chi connectivity index (χ4v) is 1.22. The zero-order valence-corrected chi connectivity index (χ0v) is 9.31. The van der Waals surface area contributed by atoms with Gasteiger partial charge in [-0.15, -0.1) is 0 Å². The predicted octanol–water partition coefficient (Wildman–Crippen LogP) is 1.40. The summed E-state index contributed by atoms with van der Waals surface area (Å²) in [6.07, 6.45) is 4.09. The first kappa shape index (κ1) is 14.3. The van der Waals surface area contributed by atoms with Gasteiger partial charge < -0.3 is 14.2 Å². The number of rotatable bonds is 5. The number of carbonyl (C=O) groups is 1. The maximum absolute atomic E-state index is 9.06. The smallest absolute Gasteiger partial charge is 0.146 e. The molecule has 1 saturated heterocycles. The second-order valence-electron chi connectivity index (χ2n) is 3.23. The molecule has 0 bridgehead atoms. The van der Waals surface area contributed by atoms with E-state index >= 15 is 0 Å². The second-order valence-corrected chi connectivity index (χ2v) is 3.23. The number of ether oxygens (including phenoxy) is 3. The van der Waals surface area contributed by atoms with Crippen LogP contribution in [0.4, 0.5) is 0 Å². The van der Waals surface area contributed by atoms with Crippen molar-refractivity contribution in [3.05, 3.63) is 12.7 Å². The summed E-state index contributed by atoms with van der Waals surface area (Å²) in [5.74, 6) is 0.582. The minimum Gasteiger partial charge on any atom is -0.385 e. The Hall–Kier alpha value is -0.710. The molecule has 1 aliphatic rings. The summed E-state index contributed by atoms with van der Waals surface area (Å²) in [5.41, 5.74) is 0. The summed E-state index contributed by atoms with van der Waals surface area (Å²) in [4.78, 5) is 9.06. The quantitative estimate of drug-likeness (QED) is 0.396. The van der Waals surface area contributed by atoms with Gasteiger partial charge in [-0.1, -0.05) is 6.58 Å². The van der Waals surface area contributed by atoms with Crippen LogP contribution >= 0.6 is 0 Å². The Bertz CT molecular complexity index is 147. The van der Waals surface area contributed by atoms with Crippen LogP contribution in [0.25, 0.3) is 0 Å². The summed E-state index contributed by atoms with van der Waals surface area (Å²) in [7, 11) is 1.73. The Kier molecular flexibility index (Phi) is 10.8. The lowest BCUT2D eigenvalue weighted by Crippen LogP contribution is -2.24. The predicted molar refractivity (Wildman–Crippen MR) is 57.6 cm³/mol. The van der Waals surface area contributed by atoms with Crippen LogP contribution in [0, 0.1) is 5.92 Å². The zero-order valence-electron chi connectivity index (χ0n) is 9.31. The van der Waals surface area contributed by atoms with Gasteiger partial charge in [-0.3, -0.25) is 4.79 Å². The van der Waals surface area contributed by atoms with Crippen molar-refractivity contribution in [1.29, 1.82) is 0 Å². The molecule has 0 aliphatic carbocycles. The van der Waals surface area contributed by atoms with Gasteiger partial charge in [0.1, 0.15) is 13.1 Å². The van der Waals surface area contributed by atoms with Crippen molar-refractivity contribution < 1.29 is 19.0 Å². The van der Waals surface area contributed by atoms with Crippen molar-refractivity contribution in [3.63, 3.8) is 0 Å². The van der Waals surface area contributed by atoms with Crippen LogP contribution in [-0.2, 0) is 19.0 Å². The Balaban J connectivity index is 0.000000423. The van der Waals surface area contributed by atoms with E-state index in [1.54, 1.807) is 7.11 Å². The highest BCUT2D eigenvalue weighted by Crippen LogP contribution is 2.11. The third-order valence-electron chi connectivity index (χ3n) is 1.93. The molecule has 0 aromatic carbocycles. The summed E-state index contributed by atoms with van der Waals surface area (Å²) >= 11 is 0. The van der Waals surface area contributed by atoms with Crippen LogP contribution in [0.2, 0.25) is 0 Å². The molecular weight excluding hydrogens is 196 g/mol. The summed E-state index contributed by atoms with van der Waals surface area (Å²) < 4.78 is 15.3. The molecule has 1 rings (SSSR count). The molecule has 0 saturated carbocycles. The fourth-order valence-electron chi connectivity index (χ4n) is 1.22. The van der Waals surface area contributed by atoms with Crippen LogP contribution < -0.4 is 0 Å². The van der Waals surface area contributed by atoms with Gasteiger partial charge in [0.2, 0.25) is 0 Å². The monoisotopic (exact) mass is 216 g/mol. The van der Waals surface area contributed by atoms with Crippen molar-refractivity contribution in [2.24, 2.45) is 5.92 Å². The Labute approximate surface area is 91.2 Å². The highest BCUT2D eigenvalue weighted by molar-refractivity contribution is 5.63. The van der Waals surface area contributed by atoms with E-state index < -0.39 is 0 Å². The lowest BCUT2D eigenvalue weighted by atomic mass is 10.1. The van der Waals surface area contributed by atoms with Crippen molar-refractivity contribution in [2.75, 3.05) is 33.7 Å². The molecular formula is C11H20O4. The zero-order chi connectivity index (χ0) is 11.4. The molecule has 15 heavy (non-hydrogen) atoms. The van der Waals surface area contributed by atoms with Gasteiger partial charge >= 0.3 is 0 Å². The molecule has 88 valence electrons. The maximum atomic E-state index is 9.06. The largest absolute Gasteiger partial charge is 0.385 e. The lowest BCUT2D eigenvalue weighted by Gasteiger charge is -2.21. The molecule has 1 aliphatic heterocycles. The van der Waals surface area contributed by atoms with Crippen molar-refractivity contribution in [1.82, 2.24) is 0 Å². The summed E-state index contributed by atoms with van der Waals surface area (Å²) in [6.45, 7) is 6.13. The van der Waals surface area contributed by atoms with E-state index in [2.05, 4.69) is 6.58 Å². The van der Waals surface area contributed by atoms with E-state index in [4.69, 9.17) is 19.0 Å². The average molecular weight is 216 g/mol. The van der Waals surface area contributed by atoms with E-state index in [0.29, 0.717) is 19.0 Å². The van der Waals surface area contributed by atoms with Gasteiger partial charge in [0.25, 0.3) is 0 Å². The van der Waals surface area contributed by atoms with Gasteiger partial charge in [0, 0.05) is 19.6 Å². The SMILES string of the molecule is C=CC=O.COCCCC1COCOC1.